The molecule has 4 rings (SSSR count). The number of aromatic nitrogens is 4. The summed E-state index contributed by atoms with van der Waals surface area (Å²) in [4.78, 5) is 19.1. The Morgan fingerprint density at radius 1 is 1.11 bits per heavy atom. The van der Waals surface area contributed by atoms with Gasteiger partial charge < -0.3 is 4.98 Å². The van der Waals surface area contributed by atoms with Crippen LogP contribution in [0.15, 0.2) is 65.8 Å². The Morgan fingerprint density at radius 3 is 2.81 bits per heavy atom. The van der Waals surface area contributed by atoms with Crippen LogP contribution >= 0.6 is 0 Å². The molecule has 3 aromatic heterocycles. The zero-order chi connectivity index (χ0) is 18.8. The molecule has 27 heavy (non-hydrogen) atoms. The zero-order valence-corrected chi connectivity index (χ0v) is 15.5. The number of aryl methyl sites for hydroxylation is 1. The molecule has 0 spiro atoms. The lowest BCUT2D eigenvalue weighted by molar-refractivity contribution is 0.487. The van der Waals surface area contributed by atoms with E-state index >= 15 is 0 Å². The fourth-order valence-electron chi connectivity index (χ4n) is 3.18. The molecule has 1 N–H and O–H groups in total. The first kappa shape index (κ1) is 17.2. The molecule has 0 amide bonds. The third kappa shape index (κ3) is 3.67. The molecule has 0 aliphatic rings. The molecule has 0 aliphatic heterocycles. The fraction of sp³-hybridized carbons (Fsp3) is 0.227. The van der Waals surface area contributed by atoms with Gasteiger partial charge in [-0.25, -0.2) is 0 Å². The molecule has 0 unspecified atom stereocenters. The van der Waals surface area contributed by atoms with Gasteiger partial charge in [-0.2, -0.15) is 5.10 Å². The summed E-state index contributed by atoms with van der Waals surface area (Å²) in [5.74, 6) is 0.645. The molecule has 5 heteroatoms. The minimum absolute atomic E-state index is 0.104. The second-order valence-electron chi connectivity index (χ2n) is 7.20. The van der Waals surface area contributed by atoms with Gasteiger partial charge in [-0.15, -0.1) is 0 Å². The van der Waals surface area contributed by atoms with Gasteiger partial charge in [-0.05, 0) is 35.9 Å². The van der Waals surface area contributed by atoms with Crippen molar-refractivity contribution in [1.82, 2.24) is 19.7 Å². The van der Waals surface area contributed by atoms with Crippen LogP contribution in [0.3, 0.4) is 0 Å². The number of rotatable bonds is 5. The Labute approximate surface area is 157 Å². The predicted octanol–water partition coefficient (Wildman–Crippen LogP) is 4.50. The third-order valence-corrected chi connectivity index (χ3v) is 4.69. The number of aromatic amines is 1. The molecular weight excluding hydrogens is 336 g/mol. The maximum atomic E-state index is 11.6. The number of H-pyrrole nitrogens is 1. The van der Waals surface area contributed by atoms with Crippen LogP contribution in [0.25, 0.3) is 33.3 Å². The van der Waals surface area contributed by atoms with Crippen molar-refractivity contribution in [2.24, 2.45) is 5.92 Å². The number of nitrogens with one attached hydrogen (secondary N) is 1. The van der Waals surface area contributed by atoms with Gasteiger partial charge >= 0.3 is 0 Å². The average Bonchev–Trinajstić information content (AvgIpc) is 3.14. The molecule has 0 aliphatic carbocycles. The van der Waals surface area contributed by atoms with Gasteiger partial charge in [0.2, 0.25) is 5.56 Å². The monoisotopic (exact) mass is 358 g/mol. The van der Waals surface area contributed by atoms with Crippen molar-refractivity contribution >= 4 is 10.9 Å². The van der Waals surface area contributed by atoms with E-state index in [0.29, 0.717) is 5.92 Å². The molecule has 0 atom stereocenters. The molecule has 1 aromatic carbocycles. The van der Waals surface area contributed by atoms with Crippen molar-refractivity contribution in [3.63, 3.8) is 0 Å². The van der Waals surface area contributed by atoms with Crippen LogP contribution in [0.1, 0.15) is 20.3 Å². The van der Waals surface area contributed by atoms with Crippen molar-refractivity contribution < 1.29 is 0 Å². The molecule has 0 radical (unpaired) electrons. The summed E-state index contributed by atoms with van der Waals surface area (Å²) in [6.45, 7) is 5.34. The quantitative estimate of drug-likeness (QED) is 0.571. The molecule has 0 fully saturated rings. The van der Waals surface area contributed by atoms with Gasteiger partial charge in [0.25, 0.3) is 0 Å². The highest BCUT2D eigenvalue weighted by Crippen LogP contribution is 2.31. The van der Waals surface area contributed by atoms with E-state index in [0.717, 1.165) is 46.3 Å². The lowest BCUT2D eigenvalue weighted by Gasteiger charge is -2.08. The van der Waals surface area contributed by atoms with Crippen LogP contribution in [0.4, 0.5) is 0 Å². The van der Waals surface area contributed by atoms with Crippen LogP contribution in [0, 0.1) is 5.92 Å². The van der Waals surface area contributed by atoms with Crippen LogP contribution in [0.2, 0.25) is 0 Å². The number of nitrogens with zero attached hydrogens (tertiary/aromatic N) is 3. The van der Waals surface area contributed by atoms with E-state index < -0.39 is 0 Å². The molecule has 4 aromatic rings. The summed E-state index contributed by atoms with van der Waals surface area (Å²) in [7, 11) is 0. The highest BCUT2D eigenvalue weighted by atomic mass is 16.1. The highest BCUT2D eigenvalue weighted by Gasteiger charge is 2.11. The first-order valence-corrected chi connectivity index (χ1v) is 9.21. The zero-order valence-electron chi connectivity index (χ0n) is 15.5. The molecule has 3 heterocycles. The molecule has 0 saturated heterocycles. The minimum atomic E-state index is -0.104. The lowest BCUT2D eigenvalue weighted by atomic mass is 10.0. The standard InChI is InChI=1S/C22H22N4O/c1-15(2)9-11-26-14-18(13-24-26)19-4-3-10-23-22(19)17-6-5-16-7-8-21(27)25-20(16)12-17/h3-8,10,12-15H,9,11H2,1-2H3,(H,25,27). The SMILES string of the molecule is CC(C)CCn1cc(-c2cccnc2-c2ccc3ccc(=O)[nH]c3c2)cn1. The van der Waals surface area contributed by atoms with E-state index in [1.54, 1.807) is 12.3 Å². The topological polar surface area (TPSA) is 63.6 Å². The first-order chi connectivity index (χ1) is 13.1. The van der Waals surface area contributed by atoms with Crippen molar-refractivity contribution in [3.05, 3.63) is 71.4 Å². The summed E-state index contributed by atoms with van der Waals surface area (Å²) >= 11 is 0. The highest BCUT2D eigenvalue weighted by molar-refractivity contribution is 5.87. The van der Waals surface area contributed by atoms with Gasteiger partial charge in [0.15, 0.2) is 0 Å². The minimum Gasteiger partial charge on any atom is -0.322 e. The number of benzene rings is 1. The summed E-state index contributed by atoms with van der Waals surface area (Å²) in [6, 6.07) is 13.4. The average molecular weight is 358 g/mol. The van der Waals surface area contributed by atoms with E-state index in [1.807, 2.05) is 41.2 Å². The third-order valence-electron chi connectivity index (χ3n) is 4.69. The van der Waals surface area contributed by atoms with Gasteiger partial charge in [-0.1, -0.05) is 32.0 Å². The molecule has 0 saturated carbocycles. The molecule has 5 nitrogen and oxygen atoms in total. The Hall–Kier alpha value is -3.21. The Balaban J connectivity index is 1.74. The predicted molar refractivity (Wildman–Crippen MR) is 108 cm³/mol. The van der Waals surface area contributed by atoms with Crippen molar-refractivity contribution in [1.29, 1.82) is 0 Å². The summed E-state index contributed by atoms with van der Waals surface area (Å²) in [5.41, 5.74) is 4.63. The van der Waals surface area contributed by atoms with E-state index in [2.05, 4.69) is 41.2 Å². The maximum absolute atomic E-state index is 11.6. The smallest absolute Gasteiger partial charge is 0.248 e. The van der Waals surface area contributed by atoms with Crippen LogP contribution < -0.4 is 5.56 Å². The summed E-state index contributed by atoms with van der Waals surface area (Å²) < 4.78 is 1.99. The Morgan fingerprint density at radius 2 is 1.96 bits per heavy atom. The first-order valence-electron chi connectivity index (χ1n) is 9.21. The Kier molecular flexibility index (Phi) is 4.59. The maximum Gasteiger partial charge on any atom is 0.248 e. The summed E-state index contributed by atoms with van der Waals surface area (Å²) in [5, 5.41) is 5.50. The number of pyridine rings is 2. The van der Waals surface area contributed by atoms with Crippen molar-refractivity contribution in [2.45, 2.75) is 26.8 Å². The van der Waals surface area contributed by atoms with Crippen LogP contribution in [0.5, 0.6) is 0 Å². The van der Waals surface area contributed by atoms with Gasteiger partial charge in [0.05, 0.1) is 11.9 Å². The fourth-order valence-corrected chi connectivity index (χ4v) is 3.18. The second kappa shape index (κ2) is 7.19. The van der Waals surface area contributed by atoms with Gasteiger partial charge in [-0.3, -0.25) is 14.5 Å². The second-order valence-corrected chi connectivity index (χ2v) is 7.20. The van der Waals surface area contributed by atoms with Gasteiger partial charge in [0, 0.05) is 47.2 Å². The van der Waals surface area contributed by atoms with Crippen LogP contribution in [-0.2, 0) is 6.54 Å². The van der Waals surface area contributed by atoms with Crippen LogP contribution in [-0.4, -0.2) is 19.7 Å². The van der Waals surface area contributed by atoms with E-state index in [4.69, 9.17) is 0 Å². The van der Waals surface area contributed by atoms with E-state index in [-0.39, 0.29) is 5.56 Å². The Bertz CT molecular complexity index is 1140. The number of fused-ring (bicyclic) bond motifs is 1. The number of hydrogen-bond donors (Lipinski definition) is 1. The summed E-state index contributed by atoms with van der Waals surface area (Å²) in [6.07, 6.45) is 6.86. The lowest BCUT2D eigenvalue weighted by Crippen LogP contribution is -2.02. The van der Waals surface area contributed by atoms with E-state index in [9.17, 15) is 4.79 Å². The van der Waals surface area contributed by atoms with Crippen molar-refractivity contribution in [3.8, 4) is 22.4 Å². The normalized spacial score (nSPS) is 11.4. The van der Waals surface area contributed by atoms with Gasteiger partial charge in [0.1, 0.15) is 0 Å². The van der Waals surface area contributed by atoms with E-state index in [1.165, 1.54) is 0 Å². The number of hydrogen-bond acceptors (Lipinski definition) is 3. The molecule has 0 bridgehead atoms. The largest absolute Gasteiger partial charge is 0.322 e. The molecule has 136 valence electrons. The molecular formula is C22H22N4O. The van der Waals surface area contributed by atoms with Crippen molar-refractivity contribution in [2.75, 3.05) is 0 Å².